The number of nitrogens with zero attached hydrogens (tertiary/aromatic N) is 4. The summed E-state index contributed by atoms with van der Waals surface area (Å²) >= 11 is 12.2. The summed E-state index contributed by atoms with van der Waals surface area (Å²) < 4.78 is 4.84. The maximum atomic E-state index is 4.73. The Kier molecular flexibility index (Phi) is 4.65. The number of hydrogen-bond acceptors (Lipinski definition) is 5. The molecule has 0 amide bonds. The first-order valence-corrected chi connectivity index (χ1v) is 10.5. The molecule has 0 aliphatic heterocycles. The molecule has 3 heterocycles. The van der Waals surface area contributed by atoms with Crippen molar-refractivity contribution in [1.29, 1.82) is 0 Å². The number of nitrogens with one attached hydrogen (secondary N) is 1. The van der Waals surface area contributed by atoms with Crippen LogP contribution in [0, 0.1) is 6.92 Å². The largest absolute Gasteiger partial charge is 0.330 e. The van der Waals surface area contributed by atoms with E-state index in [-0.39, 0.29) is 0 Å². The summed E-state index contributed by atoms with van der Waals surface area (Å²) in [5.41, 5.74) is 3.67. The predicted octanol–water partition coefficient (Wildman–Crippen LogP) is 6.19. The third-order valence-electron chi connectivity index (χ3n) is 3.56. The van der Waals surface area contributed by atoms with Crippen LogP contribution in [0.25, 0.3) is 17.2 Å². The molecule has 4 aromatic rings. The number of halogens is 3. The minimum absolute atomic E-state index is 0.677. The van der Waals surface area contributed by atoms with E-state index < -0.39 is 0 Å². The van der Waals surface area contributed by atoms with E-state index in [1.807, 2.05) is 41.1 Å². The first-order valence-electron chi connectivity index (χ1n) is 7.20. The molecule has 25 heavy (non-hydrogen) atoms. The van der Waals surface area contributed by atoms with Crippen LogP contribution in [0.15, 0.2) is 49.4 Å². The molecule has 9 heteroatoms. The molecule has 0 saturated carbocycles. The first kappa shape index (κ1) is 17.1. The van der Waals surface area contributed by atoms with Gasteiger partial charge in [0.05, 0.1) is 17.1 Å². The Morgan fingerprint density at radius 2 is 1.88 bits per heavy atom. The zero-order chi connectivity index (χ0) is 17.6. The van der Waals surface area contributed by atoms with E-state index in [1.54, 1.807) is 17.5 Å². The summed E-state index contributed by atoms with van der Waals surface area (Å²) in [7, 11) is 0. The lowest BCUT2D eigenvalue weighted by molar-refractivity contribution is 1.11. The van der Waals surface area contributed by atoms with E-state index in [9.17, 15) is 0 Å². The molecule has 0 unspecified atom stereocenters. The Balaban J connectivity index is 1.72. The zero-order valence-electron chi connectivity index (χ0n) is 12.8. The maximum Gasteiger partial charge on any atom is 0.234 e. The maximum absolute atomic E-state index is 4.73. The molecule has 0 radical (unpaired) electrons. The van der Waals surface area contributed by atoms with Gasteiger partial charge in [-0.1, -0.05) is 15.9 Å². The summed E-state index contributed by atoms with van der Waals surface area (Å²) in [6.45, 7) is 1.97. The van der Waals surface area contributed by atoms with Crippen molar-refractivity contribution in [1.82, 2.24) is 19.4 Å². The summed E-state index contributed by atoms with van der Waals surface area (Å²) in [6.07, 6.45) is 3.69. The van der Waals surface area contributed by atoms with E-state index >= 15 is 0 Å². The molecule has 0 fully saturated rings. The summed E-state index contributed by atoms with van der Waals surface area (Å²) in [4.78, 5) is 13.5. The van der Waals surface area contributed by atoms with Gasteiger partial charge in [0.2, 0.25) is 5.78 Å². The van der Waals surface area contributed by atoms with E-state index in [1.165, 1.54) is 0 Å². The van der Waals surface area contributed by atoms with Crippen molar-refractivity contribution in [2.45, 2.75) is 6.92 Å². The summed E-state index contributed by atoms with van der Waals surface area (Å²) in [5.74, 6) is 0.677. The molecule has 0 aliphatic carbocycles. The molecular formula is C16H10Br3N5S. The number of hydrogen-bond donors (Lipinski definition) is 1. The third-order valence-corrected chi connectivity index (χ3v) is 6.03. The number of imidazole rings is 1. The Morgan fingerprint density at radius 1 is 1.12 bits per heavy atom. The molecule has 126 valence electrons. The minimum atomic E-state index is 0.677. The fourth-order valence-corrected chi connectivity index (χ4v) is 5.67. The van der Waals surface area contributed by atoms with Crippen molar-refractivity contribution >= 4 is 75.7 Å². The van der Waals surface area contributed by atoms with Crippen molar-refractivity contribution in [3.63, 3.8) is 0 Å². The van der Waals surface area contributed by atoms with Gasteiger partial charge in [-0.3, -0.25) is 4.40 Å². The predicted molar refractivity (Wildman–Crippen MR) is 112 cm³/mol. The number of anilines is 2. The number of fused-ring (bicyclic) bond motifs is 1. The van der Waals surface area contributed by atoms with Gasteiger partial charge in [0, 0.05) is 31.2 Å². The van der Waals surface area contributed by atoms with Gasteiger partial charge in [-0.15, -0.1) is 11.3 Å². The topological polar surface area (TPSA) is 55.1 Å². The van der Waals surface area contributed by atoms with Crippen molar-refractivity contribution < 1.29 is 0 Å². The van der Waals surface area contributed by atoms with Crippen LogP contribution in [0.1, 0.15) is 5.69 Å². The molecule has 0 aliphatic rings. The van der Waals surface area contributed by atoms with Crippen LogP contribution in [0.5, 0.6) is 0 Å². The summed E-state index contributed by atoms with van der Waals surface area (Å²) in [5, 5.41) is 6.19. The van der Waals surface area contributed by atoms with Gasteiger partial charge in [-0.05, 0) is 57.0 Å². The average molecular weight is 544 g/mol. The minimum Gasteiger partial charge on any atom is -0.330 e. The molecule has 0 atom stereocenters. The number of rotatable bonds is 3. The highest BCUT2D eigenvalue weighted by Gasteiger charge is 2.15. The smallest absolute Gasteiger partial charge is 0.234 e. The molecule has 1 aromatic carbocycles. The van der Waals surface area contributed by atoms with Crippen LogP contribution in [-0.2, 0) is 0 Å². The lowest BCUT2D eigenvalue weighted by Crippen LogP contribution is -1.94. The Morgan fingerprint density at radius 3 is 2.64 bits per heavy atom. The highest BCUT2D eigenvalue weighted by atomic mass is 79.9. The van der Waals surface area contributed by atoms with E-state index in [4.69, 9.17) is 4.98 Å². The molecule has 5 nitrogen and oxygen atoms in total. The highest BCUT2D eigenvalue weighted by molar-refractivity contribution is 9.11. The van der Waals surface area contributed by atoms with Crippen molar-refractivity contribution in [3.8, 4) is 11.4 Å². The average Bonchev–Trinajstić information content (AvgIpc) is 3.13. The van der Waals surface area contributed by atoms with Gasteiger partial charge in [-0.25, -0.2) is 15.0 Å². The van der Waals surface area contributed by atoms with Crippen LogP contribution in [-0.4, -0.2) is 19.4 Å². The molecule has 0 spiro atoms. The Bertz CT molecular complexity index is 1070. The van der Waals surface area contributed by atoms with Crippen molar-refractivity contribution in [2.24, 2.45) is 0 Å². The quantitative estimate of drug-likeness (QED) is 0.335. The van der Waals surface area contributed by atoms with Gasteiger partial charge in [0.1, 0.15) is 5.69 Å². The third kappa shape index (κ3) is 3.25. The van der Waals surface area contributed by atoms with E-state index in [0.29, 0.717) is 5.78 Å². The first-order chi connectivity index (χ1) is 12.0. The summed E-state index contributed by atoms with van der Waals surface area (Å²) in [6, 6.07) is 5.86. The second-order valence-electron chi connectivity index (χ2n) is 5.24. The molecular weight excluding hydrogens is 534 g/mol. The van der Waals surface area contributed by atoms with E-state index in [2.05, 4.69) is 63.1 Å². The number of benzene rings is 1. The number of aryl methyl sites for hydroxylation is 1. The molecule has 0 bridgehead atoms. The van der Waals surface area contributed by atoms with Gasteiger partial charge in [0.15, 0.2) is 5.13 Å². The van der Waals surface area contributed by atoms with Gasteiger partial charge >= 0.3 is 0 Å². The van der Waals surface area contributed by atoms with Crippen LogP contribution in [0.4, 0.5) is 10.8 Å². The van der Waals surface area contributed by atoms with Gasteiger partial charge in [0.25, 0.3) is 0 Å². The van der Waals surface area contributed by atoms with Crippen LogP contribution < -0.4 is 5.32 Å². The SMILES string of the molecule is Cc1nc2ncccn2c1-c1csc(Nc2c(Br)cc(Br)cc2Br)n1. The lowest BCUT2D eigenvalue weighted by atomic mass is 10.3. The number of aromatic nitrogens is 4. The second-order valence-corrected chi connectivity index (χ2v) is 8.73. The molecule has 1 N–H and O–H groups in total. The lowest BCUT2D eigenvalue weighted by Gasteiger charge is -2.09. The van der Waals surface area contributed by atoms with Gasteiger partial charge in [-0.2, -0.15) is 0 Å². The fourth-order valence-electron chi connectivity index (χ4n) is 2.51. The molecule has 0 saturated heterocycles. The van der Waals surface area contributed by atoms with Gasteiger partial charge < -0.3 is 5.32 Å². The molecule has 4 rings (SSSR count). The van der Waals surface area contributed by atoms with E-state index in [0.717, 1.165) is 41.3 Å². The van der Waals surface area contributed by atoms with Crippen LogP contribution in [0.3, 0.4) is 0 Å². The fraction of sp³-hybridized carbons (Fsp3) is 0.0625. The normalized spacial score (nSPS) is 11.2. The highest BCUT2D eigenvalue weighted by Crippen LogP contribution is 2.37. The Hall–Kier alpha value is -1.29. The standard InChI is InChI=1S/C16H10Br3N5S/c1-8-14(24-4-2-3-20-15(24)21-8)12-7-25-16(22-12)23-13-10(18)5-9(17)6-11(13)19/h2-7H,1H3,(H,22,23). The van der Waals surface area contributed by atoms with Crippen LogP contribution >= 0.6 is 59.1 Å². The zero-order valence-corrected chi connectivity index (χ0v) is 18.4. The Labute approximate surface area is 172 Å². The monoisotopic (exact) mass is 541 g/mol. The van der Waals surface area contributed by atoms with Crippen LogP contribution in [0.2, 0.25) is 0 Å². The second kappa shape index (κ2) is 6.79. The van der Waals surface area contributed by atoms with Crippen molar-refractivity contribution in [2.75, 3.05) is 5.32 Å². The molecule has 3 aromatic heterocycles. The van der Waals surface area contributed by atoms with Crippen molar-refractivity contribution in [3.05, 3.63) is 55.1 Å². The number of thiazole rings is 1.